The third kappa shape index (κ3) is 8.39. The lowest BCUT2D eigenvalue weighted by Crippen LogP contribution is -2.43. The van der Waals surface area contributed by atoms with E-state index in [-0.39, 0.29) is 18.0 Å². The molecule has 1 amide bonds. The maximum Gasteiger partial charge on any atom is 0.410 e. The van der Waals surface area contributed by atoms with E-state index in [9.17, 15) is 4.79 Å². The normalized spacial score (nSPS) is 15.8. The Morgan fingerprint density at radius 1 is 1.17 bits per heavy atom. The minimum atomic E-state index is -0.451. The van der Waals surface area contributed by atoms with Crippen LogP contribution in [-0.2, 0) is 11.3 Å². The number of nitrogens with two attached hydrogens (primary N) is 3. The molecule has 9 heteroatoms. The molecule has 0 spiro atoms. The van der Waals surface area contributed by atoms with Crippen LogP contribution in [0.4, 0.5) is 10.5 Å². The Kier molecular flexibility index (Phi) is 7.83. The quantitative estimate of drug-likeness (QED) is 0.434. The van der Waals surface area contributed by atoms with Crippen LogP contribution in [0.25, 0.3) is 0 Å². The third-order valence-corrected chi connectivity index (χ3v) is 4.45. The van der Waals surface area contributed by atoms with Crippen LogP contribution in [0.15, 0.2) is 34.3 Å². The lowest BCUT2D eigenvalue weighted by molar-refractivity contribution is 0.0184. The number of rotatable bonds is 5. The van der Waals surface area contributed by atoms with Crippen LogP contribution in [0.2, 0.25) is 0 Å². The van der Waals surface area contributed by atoms with Crippen molar-refractivity contribution < 1.29 is 9.53 Å². The first-order valence-electron chi connectivity index (χ1n) is 9.84. The molecule has 0 bridgehead atoms. The van der Waals surface area contributed by atoms with Crippen molar-refractivity contribution in [3.63, 3.8) is 0 Å². The molecule has 160 valence electrons. The second-order valence-electron chi connectivity index (χ2n) is 8.21. The number of benzene rings is 1. The summed E-state index contributed by atoms with van der Waals surface area (Å²) in [4.78, 5) is 21.7. The van der Waals surface area contributed by atoms with Crippen LogP contribution < -0.4 is 22.5 Å². The summed E-state index contributed by atoms with van der Waals surface area (Å²) in [6.07, 6.45) is 1.74. The van der Waals surface area contributed by atoms with E-state index in [1.807, 2.05) is 45.0 Å². The molecule has 0 unspecified atom stereocenters. The van der Waals surface area contributed by atoms with Gasteiger partial charge in [0, 0.05) is 19.6 Å². The van der Waals surface area contributed by atoms with E-state index in [4.69, 9.17) is 21.9 Å². The molecular formula is C20H33N7O2. The maximum atomic E-state index is 12.1. The van der Waals surface area contributed by atoms with Gasteiger partial charge in [-0.3, -0.25) is 0 Å². The second kappa shape index (κ2) is 10.1. The van der Waals surface area contributed by atoms with Crippen LogP contribution in [0.3, 0.4) is 0 Å². The third-order valence-electron chi connectivity index (χ3n) is 4.45. The van der Waals surface area contributed by atoms with Crippen molar-refractivity contribution in [2.75, 3.05) is 19.6 Å². The number of hydrogen-bond donors (Lipinski definition) is 4. The molecule has 7 N–H and O–H groups in total. The summed E-state index contributed by atoms with van der Waals surface area (Å²) >= 11 is 0. The maximum absolute atomic E-state index is 12.1. The predicted octanol–water partition coefficient (Wildman–Crippen LogP) is 1.64. The molecule has 0 saturated carbocycles. The highest BCUT2D eigenvalue weighted by Crippen LogP contribution is 2.19. The van der Waals surface area contributed by atoms with Crippen molar-refractivity contribution in [3.05, 3.63) is 29.8 Å². The second-order valence-corrected chi connectivity index (χ2v) is 8.21. The average Bonchev–Trinajstić information content (AvgIpc) is 2.61. The number of carbonyl (C=O) groups excluding carboxylic acids is 1. The topological polar surface area (TPSA) is 144 Å². The van der Waals surface area contributed by atoms with Crippen molar-refractivity contribution in [3.8, 4) is 0 Å². The first-order chi connectivity index (χ1) is 13.6. The van der Waals surface area contributed by atoms with Crippen LogP contribution in [-0.4, -0.2) is 48.1 Å². The standard InChI is InChI=1S/C20H33N7O2/c1-20(2,3)29-19(28)27-10-8-15(9-11-27)13-24-12-14-4-6-16(7-5-14)25-18(23)26-17(21)22/h4-7,15,24H,8-13H2,1-3H3,(H6,21,22,23,25,26). The van der Waals surface area contributed by atoms with Gasteiger partial charge in [-0.15, -0.1) is 0 Å². The molecule has 0 atom stereocenters. The highest BCUT2D eigenvalue weighted by molar-refractivity contribution is 5.93. The van der Waals surface area contributed by atoms with Gasteiger partial charge < -0.3 is 32.2 Å². The molecule has 1 fully saturated rings. The van der Waals surface area contributed by atoms with Gasteiger partial charge >= 0.3 is 6.09 Å². The number of ether oxygens (including phenoxy) is 1. The summed E-state index contributed by atoms with van der Waals surface area (Å²) in [6, 6.07) is 7.70. The molecule has 29 heavy (non-hydrogen) atoms. The van der Waals surface area contributed by atoms with Crippen LogP contribution >= 0.6 is 0 Å². The van der Waals surface area contributed by atoms with Gasteiger partial charge in [0.25, 0.3) is 0 Å². The van der Waals surface area contributed by atoms with Gasteiger partial charge in [-0.05, 0) is 63.8 Å². The zero-order valence-electron chi connectivity index (χ0n) is 17.5. The van der Waals surface area contributed by atoms with Gasteiger partial charge in [-0.2, -0.15) is 4.99 Å². The fraction of sp³-hybridized carbons (Fsp3) is 0.550. The lowest BCUT2D eigenvalue weighted by atomic mass is 9.97. The number of nitrogens with one attached hydrogen (secondary N) is 1. The Morgan fingerprint density at radius 3 is 2.34 bits per heavy atom. The molecular weight excluding hydrogens is 370 g/mol. The molecule has 0 aliphatic carbocycles. The molecule has 0 aromatic heterocycles. The summed E-state index contributed by atoms with van der Waals surface area (Å²) in [6.45, 7) is 8.83. The van der Waals surface area contributed by atoms with Crippen molar-refractivity contribution >= 4 is 23.7 Å². The molecule has 1 saturated heterocycles. The van der Waals surface area contributed by atoms with E-state index < -0.39 is 5.60 Å². The van der Waals surface area contributed by atoms with Gasteiger partial charge in [0.15, 0.2) is 5.96 Å². The van der Waals surface area contributed by atoms with Crippen LogP contribution in [0.5, 0.6) is 0 Å². The fourth-order valence-electron chi connectivity index (χ4n) is 3.04. The number of carbonyl (C=O) groups is 1. The first-order valence-corrected chi connectivity index (χ1v) is 9.84. The minimum absolute atomic E-state index is 0.0219. The fourth-order valence-corrected chi connectivity index (χ4v) is 3.04. The smallest absolute Gasteiger partial charge is 0.410 e. The molecule has 1 aliphatic heterocycles. The zero-order valence-corrected chi connectivity index (χ0v) is 17.5. The number of aliphatic imine (C=N–C) groups is 2. The van der Waals surface area contributed by atoms with E-state index in [1.54, 1.807) is 4.90 Å². The molecule has 1 heterocycles. The van der Waals surface area contributed by atoms with Crippen molar-refractivity contribution in [2.45, 2.75) is 45.8 Å². The summed E-state index contributed by atoms with van der Waals surface area (Å²) < 4.78 is 5.44. The molecule has 1 aromatic carbocycles. The summed E-state index contributed by atoms with van der Waals surface area (Å²) in [5.74, 6) is 0.453. The molecule has 1 aromatic rings. The van der Waals surface area contributed by atoms with Crippen LogP contribution in [0.1, 0.15) is 39.2 Å². The number of likely N-dealkylation sites (tertiary alicyclic amines) is 1. The SMILES string of the molecule is CC(C)(C)OC(=O)N1CCC(CNCc2ccc(N=C(N)N=C(N)N)cc2)CC1. The predicted molar refractivity (Wildman–Crippen MR) is 116 cm³/mol. The number of guanidine groups is 2. The van der Waals surface area contributed by atoms with E-state index >= 15 is 0 Å². The van der Waals surface area contributed by atoms with E-state index in [0.717, 1.165) is 44.6 Å². The molecule has 1 aliphatic rings. The highest BCUT2D eigenvalue weighted by atomic mass is 16.6. The molecule has 9 nitrogen and oxygen atoms in total. The molecule has 2 rings (SSSR count). The zero-order chi connectivity index (χ0) is 21.4. The lowest BCUT2D eigenvalue weighted by Gasteiger charge is -2.33. The Balaban J connectivity index is 1.72. The van der Waals surface area contributed by atoms with Gasteiger partial charge in [-0.1, -0.05) is 12.1 Å². The molecule has 0 radical (unpaired) electrons. The van der Waals surface area contributed by atoms with E-state index in [1.165, 1.54) is 0 Å². The van der Waals surface area contributed by atoms with Crippen molar-refractivity contribution in [1.82, 2.24) is 10.2 Å². The highest BCUT2D eigenvalue weighted by Gasteiger charge is 2.26. The monoisotopic (exact) mass is 403 g/mol. The minimum Gasteiger partial charge on any atom is -0.444 e. The van der Waals surface area contributed by atoms with Crippen molar-refractivity contribution in [2.24, 2.45) is 33.1 Å². The van der Waals surface area contributed by atoms with Gasteiger partial charge in [0.05, 0.1) is 5.69 Å². The van der Waals surface area contributed by atoms with E-state index in [2.05, 4.69) is 15.3 Å². The summed E-state index contributed by atoms with van der Waals surface area (Å²) in [5, 5.41) is 3.49. The van der Waals surface area contributed by atoms with E-state index in [0.29, 0.717) is 11.6 Å². The number of amides is 1. The van der Waals surface area contributed by atoms with Gasteiger partial charge in [-0.25, -0.2) is 9.79 Å². The van der Waals surface area contributed by atoms with Gasteiger partial charge in [0.2, 0.25) is 5.96 Å². The number of nitrogens with zero attached hydrogens (tertiary/aromatic N) is 3. The largest absolute Gasteiger partial charge is 0.444 e. The van der Waals surface area contributed by atoms with Crippen LogP contribution in [0, 0.1) is 5.92 Å². The Hall–Kier alpha value is -2.81. The summed E-state index contributed by atoms with van der Waals surface area (Å²) in [5.41, 5.74) is 17.5. The average molecular weight is 404 g/mol. The first kappa shape index (κ1) is 22.5. The number of hydrogen-bond acceptors (Lipinski definition) is 4. The Labute approximate surface area is 172 Å². The number of piperidine rings is 1. The van der Waals surface area contributed by atoms with Gasteiger partial charge in [0.1, 0.15) is 5.60 Å². The Bertz CT molecular complexity index is 726. The van der Waals surface area contributed by atoms with Crippen molar-refractivity contribution in [1.29, 1.82) is 0 Å². The Morgan fingerprint density at radius 2 is 1.79 bits per heavy atom. The summed E-state index contributed by atoms with van der Waals surface area (Å²) in [7, 11) is 0.